The lowest BCUT2D eigenvalue weighted by molar-refractivity contribution is -0.122. The molecule has 1 saturated heterocycles. The number of amides is 2. The molecule has 0 saturated carbocycles. The van der Waals surface area contributed by atoms with Crippen LogP contribution in [0.1, 0.15) is 31.4 Å². The van der Waals surface area contributed by atoms with Gasteiger partial charge in [-0.2, -0.15) is 0 Å². The predicted molar refractivity (Wildman–Crippen MR) is 101 cm³/mol. The van der Waals surface area contributed by atoms with Crippen LogP contribution in [0.2, 0.25) is 0 Å². The van der Waals surface area contributed by atoms with Crippen molar-refractivity contribution in [3.8, 4) is 0 Å². The first-order chi connectivity index (χ1) is 12.1. The summed E-state index contributed by atoms with van der Waals surface area (Å²) < 4.78 is 0. The third-order valence-electron chi connectivity index (χ3n) is 4.82. The molecule has 0 aromatic heterocycles. The van der Waals surface area contributed by atoms with Crippen molar-refractivity contribution >= 4 is 23.2 Å². The average molecular weight is 336 g/mol. The molecule has 130 valence electrons. The Morgan fingerprint density at radius 2 is 1.68 bits per heavy atom. The van der Waals surface area contributed by atoms with E-state index in [-0.39, 0.29) is 24.2 Å². The normalized spacial score (nSPS) is 17.0. The maximum atomic E-state index is 12.7. The number of carbonyl (C=O) groups excluding carboxylic acids is 2. The van der Waals surface area contributed by atoms with Crippen molar-refractivity contribution in [3.05, 3.63) is 59.7 Å². The molecule has 0 spiro atoms. The maximum Gasteiger partial charge on any atom is 0.229 e. The highest BCUT2D eigenvalue weighted by molar-refractivity contribution is 6.04. The van der Waals surface area contributed by atoms with E-state index in [4.69, 9.17) is 0 Å². The molecule has 1 aliphatic rings. The summed E-state index contributed by atoms with van der Waals surface area (Å²) in [7, 11) is 0. The summed E-state index contributed by atoms with van der Waals surface area (Å²) in [6.07, 6.45) is 1.98. The highest BCUT2D eigenvalue weighted by Gasteiger charge is 2.35. The number of para-hydroxylation sites is 2. The number of nitrogens with one attached hydrogen (secondary N) is 1. The quantitative estimate of drug-likeness (QED) is 0.903. The summed E-state index contributed by atoms with van der Waals surface area (Å²) >= 11 is 0. The third kappa shape index (κ3) is 3.58. The first kappa shape index (κ1) is 17.2. The van der Waals surface area contributed by atoms with Crippen molar-refractivity contribution in [1.82, 2.24) is 0 Å². The fourth-order valence-corrected chi connectivity index (χ4v) is 3.37. The van der Waals surface area contributed by atoms with Crippen LogP contribution >= 0.6 is 0 Å². The van der Waals surface area contributed by atoms with Gasteiger partial charge in [0, 0.05) is 24.3 Å². The average Bonchev–Trinajstić information content (AvgIpc) is 3.03. The van der Waals surface area contributed by atoms with Crippen molar-refractivity contribution in [2.75, 3.05) is 16.8 Å². The summed E-state index contributed by atoms with van der Waals surface area (Å²) in [6, 6.07) is 15.7. The Morgan fingerprint density at radius 1 is 1.04 bits per heavy atom. The van der Waals surface area contributed by atoms with E-state index in [9.17, 15) is 9.59 Å². The van der Waals surface area contributed by atoms with E-state index in [2.05, 4.69) is 19.2 Å². The van der Waals surface area contributed by atoms with E-state index < -0.39 is 0 Å². The van der Waals surface area contributed by atoms with E-state index >= 15 is 0 Å². The topological polar surface area (TPSA) is 49.4 Å². The van der Waals surface area contributed by atoms with E-state index in [1.165, 1.54) is 0 Å². The minimum Gasteiger partial charge on any atom is -0.326 e. The van der Waals surface area contributed by atoms with Crippen LogP contribution in [0, 0.1) is 5.92 Å². The van der Waals surface area contributed by atoms with Crippen LogP contribution in [0.25, 0.3) is 0 Å². The second kappa shape index (κ2) is 7.51. The minimum atomic E-state index is -0.317. The first-order valence-electron chi connectivity index (χ1n) is 8.91. The molecule has 1 aliphatic heterocycles. The molecule has 4 heteroatoms. The molecule has 1 fully saturated rings. The van der Waals surface area contributed by atoms with E-state index in [0.717, 1.165) is 35.3 Å². The van der Waals surface area contributed by atoms with Crippen molar-refractivity contribution in [1.29, 1.82) is 0 Å². The van der Waals surface area contributed by atoms with E-state index in [1.807, 2.05) is 48.5 Å². The molecule has 2 amide bonds. The number of hydrogen-bond donors (Lipinski definition) is 1. The Hall–Kier alpha value is -2.62. The largest absolute Gasteiger partial charge is 0.326 e. The summed E-state index contributed by atoms with van der Waals surface area (Å²) in [5, 5.41) is 3.01. The Labute approximate surface area is 148 Å². The maximum absolute atomic E-state index is 12.7. The molecule has 2 aromatic carbocycles. The lowest BCUT2D eigenvalue weighted by atomic mass is 10.1. The predicted octanol–water partition coefficient (Wildman–Crippen LogP) is 3.80. The van der Waals surface area contributed by atoms with Crippen LogP contribution in [-0.4, -0.2) is 18.4 Å². The van der Waals surface area contributed by atoms with Gasteiger partial charge in [-0.3, -0.25) is 9.59 Å². The Balaban J connectivity index is 1.75. The Kier molecular flexibility index (Phi) is 5.17. The van der Waals surface area contributed by atoms with Crippen molar-refractivity contribution in [2.24, 2.45) is 5.92 Å². The van der Waals surface area contributed by atoms with Crippen LogP contribution in [0.5, 0.6) is 0 Å². The fourth-order valence-electron chi connectivity index (χ4n) is 3.37. The SMILES string of the molecule is CCc1ccccc1NC(=O)[C@@H]1CC(=O)N(c2ccccc2CC)C1. The zero-order valence-corrected chi connectivity index (χ0v) is 14.8. The molecule has 2 aromatic rings. The van der Waals surface area contributed by atoms with Gasteiger partial charge < -0.3 is 10.2 Å². The van der Waals surface area contributed by atoms with Crippen LogP contribution in [0.4, 0.5) is 11.4 Å². The number of hydrogen-bond acceptors (Lipinski definition) is 2. The van der Waals surface area contributed by atoms with Crippen LogP contribution in [0.3, 0.4) is 0 Å². The third-order valence-corrected chi connectivity index (χ3v) is 4.82. The van der Waals surface area contributed by atoms with Gasteiger partial charge in [0.2, 0.25) is 11.8 Å². The number of rotatable bonds is 5. The number of aryl methyl sites for hydroxylation is 2. The molecule has 1 heterocycles. The van der Waals surface area contributed by atoms with Gasteiger partial charge in [-0.15, -0.1) is 0 Å². The van der Waals surface area contributed by atoms with Crippen molar-refractivity contribution in [2.45, 2.75) is 33.1 Å². The van der Waals surface area contributed by atoms with E-state index in [1.54, 1.807) is 4.90 Å². The molecular formula is C21H24N2O2. The Morgan fingerprint density at radius 3 is 2.40 bits per heavy atom. The molecular weight excluding hydrogens is 312 g/mol. The molecule has 0 radical (unpaired) electrons. The van der Waals surface area contributed by atoms with Crippen LogP contribution in [-0.2, 0) is 22.4 Å². The van der Waals surface area contributed by atoms with Gasteiger partial charge in [0.1, 0.15) is 0 Å². The molecule has 3 rings (SSSR count). The van der Waals surface area contributed by atoms with E-state index in [0.29, 0.717) is 6.54 Å². The summed E-state index contributed by atoms with van der Waals surface area (Å²) in [5.41, 5.74) is 4.01. The summed E-state index contributed by atoms with van der Waals surface area (Å²) in [4.78, 5) is 26.9. The molecule has 0 unspecified atom stereocenters. The monoisotopic (exact) mass is 336 g/mol. The molecule has 1 N–H and O–H groups in total. The van der Waals surface area contributed by atoms with Gasteiger partial charge in [-0.05, 0) is 36.1 Å². The minimum absolute atomic E-state index is 0.0184. The number of carbonyl (C=O) groups is 2. The summed E-state index contributed by atoms with van der Waals surface area (Å²) in [6.45, 7) is 4.58. The number of nitrogens with zero attached hydrogens (tertiary/aromatic N) is 1. The zero-order valence-electron chi connectivity index (χ0n) is 14.8. The van der Waals surface area contributed by atoms with Crippen molar-refractivity contribution < 1.29 is 9.59 Å². The number of anilines is 2. The molecule has 1 atom stereocenters. The van der Waals surface area contributed by atoms with Crippen molar-refractivity contribution in [3.63, 3.8) is 0 Å². The molecule has 4 nitrogen and oxygen atoms in total. The van der Waals surface area contributed by atoms with Gasteiger partial charge in [-0.25, -0.2) is 0 Å². The van der Waals surface area contributed by atoms with Gasteiger partial charge in [-0.1, -0.05) is 50.2 Å². The lowest BCUT2D eigenvalue weighted by Gasteiger charge is -2.20. The standard InChI is InChI=1S/C21H24N2O2/c1-3-15-9-5-7-11-18(15)22-21(25)17-13-20(24)23(14-17)19-12-8-6-10-16(19)4-2/h5-12,17H,3-4,13-14H2,1-2H3,(H,22,25)/t17-/m1/s1. The molecule has 0 bridgehead atoms. The van der Waals surface area contributed by atoms with Gasteiger partial charge in [0.05, 0.1) is 5.92 Å². The zero-order chi connectivity index (χ0) is 17.8. The van der Waals surface area contributed by atoms with Gasteiger partial charge in [0.25, 0.3) is 0 Å². The van der Waals surface area contributed by atoms with Gasteiger partial charge >= 0.3 is 0 Å². The lowest BCUT2D eigenvalue weighted by Crippen LogP contribution is -2.29. The van der Waals surface area contributed by atoms with Crippen LogP contribution < -0.4 is 10.2 Å². The van der Waals surface area contributed by atoms with Gasteiger partial charge in [0.15, 0.2) is 0 Å². The highest BCUT2D eigenvalue weighted by atomic mass is 16.2. The summed E-state index contributed by atoms with van der Waals surface area (Å²) in [5.74, 6) is -0.377. The Bertz CT molecular complexity index is 785. The highest BCUT2D eigenvalue weighted by Crippen LogP contribution is 2.29. The fraction of sp³-hybridized carbons (Fsp3) is 0.333. The number of benzene rings is 2. The second-order valence-electron chi connectivity index (χ2n) is 6.39. The second-order valence-corrected chi connectivity index (χ2v) is 6.39. The smallest absolute Gasteiger partial charge is 0.229 e. The molecule has 25 heavy (non-hydrogen) atoms. The van der Waals surface area contributed by atoms with Crippen LogP contribution in [0.15, 0.2) is 48.5 Å². The molecule has 0 aliphatic carbocycles. The first-order valence-corrected chi connectivity index (χ1v) is 8.91.